The molecule has 1 rings (SSSR count). The average Bonchev–Trinajstić information content (AvgIpc) is 2.37. The van der Waals surface area contributed by atoms with Gasteiger partial charge in [0.15, 0.2) is 0 Å². The van der Waals surface area contributed by atoms with Gasteiger partial charge in [-0.25, -0.2) is 0 Å². The van der Waals surface area contributed by atoms with Crippen molar-refractivity contribution in [1.82, 2.24) is 0 Å². The lowest BCUT2D eigenvalue weighted by Gasteiger charge is -2.08. The lowest BCUT2D eigenvalue weighted by Crippen LogP contribution is -2.14. The first-order valence-corrected chi connectivity index (χ1v) is 6.43. The smallest absolute Gasteiger partial charge is 0.224 e. The third-order valence-electron chi connectivity index (χ3n) is 2.41. The number of hydrogen-bond donors (Lipinski definition) is 2. The monoisotopic (exact) mass is 286 g/mol. The van der Waals surface area contributed by atoms with Crippen LogP contribution < -0.4 is 11.1 Å². The van der Waals surface area contributed by atoms with Gasteiger partial charge in [0.05, 0.1) is 24.6 Å². The summed E-state index contributed by atoms with van der Waals surface area (Å²) in [5.74, 6) is -0.0932. The second-order valence-electron chi connectivity index (χ2n) is 3.99. The summed E-state index contributed by atoms with van der Waals surface area (Å²) in [6, 6.07) is 4.97. The summed E-state index contributed by atoms with van der Waals surface area (Å²) in [6.07, 6.45) is 1.04. The van der Waals surface area contributed by atoms with Gasteiger partial charge >= 0.3 is 0 Å². The highest BCUT2D eigenvalue weighted by atomic mass is 35.5. The maximum atomic E-state index is 11.7. The number of nitrogens with two attached hydrogens (primary N) is 1. The third-order valence-corrected chi connectivity index (χ3v) is 2.65. The predicted octanol–water partition coefficient (Wildman–Crippen LogP) is 2.30. The lowest BCUT2D eigenvalue weighted by atomic mass is 10.2. The van der Waals surface area contributed by atoms with Crippen LogP contribution in [0, 0.1) is 0 Å². The van der Waals surface area contributed by atoms with Crippen molar-refractivity contribution in [3.05, 3.63) is 23.2 Å². The zero-order chi connectivity index (χ0) is 14.1. The highest BCUT2D eigenvalue weighted by Gasteiger charge is 2.05. The van der Waals surface area contributed by atoms with Crippen LogP contribution in [0.3, 0.4) is 0 Å². The number of nitrogens with one attached hydrogen (secondary N) is 1. The molecule has 0 unspecified atom stereocenters. The van der Waals surface area contributed by atoms with Crippen LogP contribution in [-0.4, -0.2) is 32.8 Å². The van der Waals surface area contributed by atoms with Crippen LogP contribution in [0.1, 0.15) is 12.8 Å². The van der Waals surface area contributed by atoms with Gasteiger partial charge < -0.3 is 20.5 Å². The zero-order valence-electron chi connectivity index (χ0n) is 10.9. The largest absolute Gasteiger partial charge is 0.397 e. The quantitative estimate of drug-likeness (QED) is 0.568. The molecule has 0 bridgehead atoms. The molecule has 19 heavy (non-hydrogen) atoms. The molecule has 0 saturated heterocycles. The molecule has 1 aromatic carbocycles. The molecule has 0 heterocycles. The molecule has 0 saturated carbocycles. The van der Waals surface area contributed by atoms with Gasteiger partial charge in [-0.2, -0.15) is 0 Å². The Morgan fingerprint density at radius 2 is 2.16 bits per heavy atom. The maximum absolute atomic E-state index is 11.7. The lowest BCUT2D eigenvalue weighted by molar-refractivity contribution is -0.116. The Bertz CT molecular complexity index is 413. The van der Waals surface area contributed by atoms with E-state index in [1.54, 1.807) is 25.3 Å². The fraction of sp³-hybridized carbons (Fsp3) is 0.462. The summed E-state index contributed by atoms with van der Waals surface area (Å²) in [6.45, 7) is 1.64. The number of rotatable bonds is 8. The number of carbonyl (C=O) groups is 1. The van der Waals surface area contributed by atoms with Crippen molar-refractivity contribution >= 4 is 28.9 Å². The van der Waals surface area contributed by atoms with E-state index in [4.69, 9.17) is 26.8 Å². The molecule has 6 heteroatoms. The number of halogens is 1. The summed E-state index contributed by atoms with van der Waals surface area (Å²) < 4.78 is 10.1. The number of anilines is 2. The van der Waals surface area contributed by atoms with Crippen molar-refractivity contribution in [2.24, 2.45) is 0 Å². The summed E-state index contributed by atoms with van der Waals surface area (Å²) in [7, 11) is 1.62. The summed E-state index contributed by atoms with van der Waals surface area (Å²) in [5, 5.41) is 3.28. The highest BCUT2D eigenvalue weighted by Crippen LogP contribution is 2.22. The van der Waals surface area contributed by atoms with E-state index in [9.17, 15) is 4.79 Å². The second-order valence-corrected chi connectivity index (χ2v) is 4.42. The van der Waals surface area contributed by atoms with Crippen molar-refractivity contribution in [2.75, 3.05) is 38.0 Å². The first-order chi connectivity index (χ1) is 9.13. The van der Waals surface area contributed by atoms with Crippen molar-refractivity contribution in [1.29, 1.82) is 0 Å². The molecule has 5 nitrogen and oxygen atoms in total. The first kappa shape index (κ1) is 15.8. The zero-order valence-corrected chi connectivity index (χ0v) is 11.7. The van der Waals surface area contributed by atoms with E-state index in [0.29, 0.717) is 49.1 Å². The Balaban J connectivity index is 2.23. The standard InChI is InChI=1S/C13H19ClN2O3/c1-18-7-8-19-6-2-3-13(17)16-12-5-4-10(14)9-11(12)15/h4-5,9H,2-3,6-8,15H2,1H3,(H,16,17). The third kappa shape index (κ3) is 6.42. The van der Waals surface area contributed by atoms with Crippen molar-refractivity contribution in [3.63, 3.8) is 0 Å². The minimum absolute atomic E-state index is 0.0932. The van der Waals surface area contributed by atoms with Crippen molar-refractivity contribution < 1.29 is 14.3 Å². The van der Waals surface area contributed by atoms with Crippen LogP contribution in [0.25, 0.3) is 0 Å². The van der Waals surface area contributed by atoms with Crippen molar-refractivity contribution in [3.8, 4) is 0 Å². The Morgan fingerprint density at radius 1 is 1.37 bits per heavy atom. The molecular weight excluding hydrogens is 268 g/mol. The molecule has 3 N–H and O–H groups in total. The first-order valence-electron chi connectivity index (χ1n) is 6.05. The SMILES string of the molecule is COCCOCCCC(=O)Nc1ccc(Cl)cc1N. The molecule has 0 aliphatic carbocycles. The topological polar surface area (TPSA) is 73.6 Å². The molecule has 0 aliphatic heterocycles. The van der Waals surface area contributed by atoms with E-state index >= 15 is 0 Å². The van der Waals surface area contributed by atoms with Gasteiger partial charge in [-0.1, -0.05) is 11.6 Å². The molecule has 0 aliphatic rings. The normalized spacial score (nSPS) is 10.4. The maximum Gasteiger partial charge on any atom is 0.224 e. The Kier molecular flexibility index (Phi) is 7.25. The fourth-order valence-electron chi connectivity index (χ4n) is 1.44. The van der Waals surface area contributed by atoms with Crippen LogP contribution in [0.2, 0.25) is 5.02 Å². The van der Waals surface area contributed by atoms with E-state index in [1.165, 1.54) is 0 Å². The number of ether oxygens (including phenoxy) is 2. The van der Waals surface area contributed by atoms with Gasteiger partial charge in [0.1, 0.15) is 0 Å². The minimum atomic E-state index is -0.0932. The van der Waals surface area contributed by atoms with Gasteiger partial charge in [0.2, 0.25) is 5.91 Å². The molecule has 1 amide bonds. The van der Waals surface area contributed by atoms with E-state index in [2.05, 4.69) is 5.32 Å². The minimum Gasteiger partial charge on any atom is -0.397 e. The van der Waals surface area contributed by atoms with Crippen LogP contribution in [0.5, 0.6) is 0 Å². The van der Waals surface area contributed by atoms with Gasteiger partial charge in [-0.05, 0) is 24.6 Å². The Labute approximate surface area is 118 Å². The second kappa shape index (κ2) is 8.74. The summed E-state index contributed by atoms with van der Waals surface area (Å²) >= 11 is 5.78. The molecule has 0 radical (unpaired) electrons. The van der Waals surface area contributed by atoms with Crippen LogP contribution in [0.4, 0.5) is 11.4 Å². The Hall–Kier alpha value is -1.30. The molecule has 0 spiro atoms. The highest BCUT2D eigenvalue weighted by molar-refractivity contribution is 6.31. The van der Waals surface area contributed by atoms with E-state index < -0.39 is 0 Å². The van der Waals surface area contributed by atoms with E-state index in [-0.39, 0.29) is 5.91 Å². The number of benzene rings is 1. The van der Waals surface area contributed by atoms with Gasteiger partial charge in [-0.3, -0.25) is 4.79 Å². The summed E-state index contributed by atoms with van der Waals surface area (Å²) in [5.41, 5.74) is 6.78. The number of hydrogen-bond acceptors (Lipinski definition) is 4. The fourth-order valence-corrected chi connectivity index (χ4v) is 1.62. The van der Waals surface area contributed by atoms with E-state index in [1.807, 2.05) is 0 Å². The van der Waals surface area contributed by atoms with Crippen molar-refractivity contribution in [2.45, 2.75) is 12.8 Å². The average molecular weight is 287 g/mol. The Morgan fingerprint density at radius 3 is 2.84 bits per heavy atom. The summed E-state index contributed by atoms with van der Waals surface area (Å²) in [4.78, 5) is 11.7. The molecule has 106 valence electrons. The molecule has 0 aromatic heterocycles. The molecule has 1 aromatic rings. The van der Waals surface area contributed by atoms with Crippen LogP contribution >= 0.6 is 11.6 Å². The van der Waals surface area contributed by atoms with E-state index in [0.717, 1.165) is 0 Å². The number of methoxy groups -OCH3 is 1. The molecule has 0 atom stereocenters. The van der Waals surface area contributed by atoms with Gasteiger partial charge in [0.25, 0.3) is 0 Å². The molecule has 0 fully saturated rings. The number of nitrogen functional groups attached to an aromatic ring is 1. The predicted molar refractivity (Wildman–Crippen MR) is 76.4 cm³/mol. The number of amides is 1. The molecular formula is C13H19ClN2O3. The van der Waals surface area contributed by atoms with Gasteiger partial charge in [-0.15, -0.1) is 0 Å². The van der Waals surface area contributed by atoms with Crippen LogP contribution in [-0.2, 0) is 14.3 Å². The van der Waals surface area contributed by atoms with Crippen LogP contribution in [0.15, 0.2) is 18.2 Å². The number of carbonyl (C=O) groups excluding carboxylic acids is 1. The van der Waals surface area contributed by atoms with Gasteiger partial charge in [0, 0.05) is 25.2 Å².